The number of nitrogens with one attached hydrogen (secondary N) is 2. The van der Waals surface area contributed by atoms with Crippen LogP contribution in [0.3, 0.4) is 0 Å². The molecule has 3 aromatic rings. The number of para-hydroxylation sites is 1. The molecule has 0 unspecified atom stereocenters. The number of aromatic nitrogens is 1. The van der Waals surface area contributed by atoms with Gasteiger partial charge in [0.05, 0.1) is 24.2 Å². The monoisotopic (exact) mass is 363 g/mol. The summed E-state index contributed by atoms with van der Waals surface area (Å²) in [5.74, 6) is 0.807. The number of benzene rings is 2. The van der Waals surface area contributed by atoms with Crippen LogP contribution in [0.5, 0.6) is 11.5 Å². The van der Waals surface area contributed by atoms with E-state index in [4.69, 9.17) is 4.74 Å². The summed E-state index contributed by atoms with van der Waals surface area (Å²) in [5.41, 5.74) is 3.12. The van der Waals surface area contributed by atoms with Gasteiger partial charge in [0.2, 0.25) is 5.78 Å². The Balaban J connectivity index is 1.73. The molecule has 0 radical (unpaired) electrons. The number of phenols is 1. The normalized spacial score (nSPS) is 14.9. The van der Waals surface area contributed by atoms with Crippen LogP contribution < -0.4 is 9.64 Å². The van der Waals surface area contributed by atoms with Crippen molar-refractivity contribution in [3.8, 4) is 11.5 Å². The number of carbonyl (C=O) groups excluding carboxylic acids is 1. The summed E-state index contributed by atoms with van der Waals surface area (Å²) < 4.78 is 5.97. The second-order valence-corrected chi connectivity index (χ2v) is 6.80. The molecule has 5 nitrogen and oxygen atoms in total. The third kappa shape index (κ3) is 3.00. The lowest BCUT2D eigenvalue weighted by molar-refractivity contribution is -0.910. The number of phenolic OH excluding ortho intramolecular Hbond substituents is 1. The zero-order valence-corrected chi connectivity index (χ0v) is 15.5. The summed E-state index contributed by atoms with van der Waals surface area (Å²) in [6, 6.07) is 11.2. The van der Waals surface area contributed by atoms with Crippen LogP contribution in [-0.2, 0) is 6.54 Å². The quantitative estimate of drug-likeness (QED) is 0.611. The molecular formula is C22H23N2O3+. The molecule has 1 aliphatic heterocycles. The summed E-state index contributed by atoms with van der Waals surface area (Å²) in [7, 11) is 0. The van der Waals surface area contributed by atoms with E-state index in [0.717, 1.165) is 29.6 Å². The number of allylic oxidation sites excluding steroid dienone is 1. The summed E-state index contributed by atoms with van der Waals surface area (Å²) in [6.45, 7) is 6.70. The molecule has 2 aromatic carbocycles. The minimum Gasteiger partial charge on any atom is -0.507 e. The van der Waals surface area contributed by atoms with Gasteiger partial charge in [0.15, 0.2) is 11.5 Å². The predicted molar refractivity (Wildman–Crippen MR) is 105 cm³/mol. The fourth-order valence-corrected chi connectivity index (χ4v) is 3.57. The molecule has 0 atom stereocenters. The van der Waals surface area contributed by atoms with E-state index in [1.54, 1.807) is 18.2 Å². The molecular weight excluding hydrogens is 340 g/mol. The van der Waals surface area contributed by atoms with Crippen molar-refractivity contribution >= 4 is 22.8 Å². The molecule has 0 saturated carbocycles. The summed E-state index contributed by atoms with van der Waals surface area (Å²) in [6.07, 6.45) is 3.64. The van der Waals surface area contributed by atoms with Gasteiger partial charge in [-0.3, -0.25) is 4.79 Å². The van der Waals surface area contributed by atoms with E-state index in [1.807, 2.05) is 30.5 Å². The Morgan fingerprint density at radius 3 is 2.70 bits per heavy atom. The smallest absolute Gasteiger partial charge is 0.231 e. The number of hydrogen-bond donors (Lipinski definition) is 3. The molecule has 0 saturated heterocycles. The first kappa shape index (κ1) is 17.4. The molecule has 0 amide bonds. The first-order valence-corrected chi connectivity index (χ1v) is 9.31. The number of quaternary nitrogens is 1. The van der Waals surface area contributed by atoms with Crippen molar-refractivity contribution in [3.63, 3.8) is 0 Å². The van der Waals surface area contributed by atoms with E-state index in [1.165, 1.54) is 4.90 Å². The van der Waals surface area contributed by atoms with E-state index in [-0.39, 0.29) is 17.3 Å². The van der Waals surface area contributed by atoms with Crippen molar-refractivity contribution in [2.75, 3.05) is 13.1 Å². The number of aromatic amines is 1. The molecule has 27 heavy (non-hydrogen) atoms. The first-order chi connectivity index (χ1) is 13.1. The third-order valence-corrected chi connectivity index (χ3v) is 5.25. The summed E-state index contributed by atoms with van der Waals surface area (Å²) >= 11 is 0. The Morgan fingerprint density at radius 2 is 1.93 bits per heavy atom. The van der Waals surface area contributed by atoms with E-state index >= 15 is 0 Å². The van der Waals surface area contributed by atoms with Gasteiger partial charge >= 0.3 is 0 Å². The highest BCUT2D eigenvalue weighted by molar-refractivity contribution is 6.15. The second kappa shape index (κ2) is 6.93. The molecule has 138 valence electrons. The maximum atomic E-state index is 12.9. The van der Waals surface area contributed by atoms with Gasteiger partial charge in [-0.1, -0.05) is 18.2 Å². The predicted octanol–water partition coefficient (Wildman–Crippen LogP) is 2.91. The number of Topliss-reactive ketones (excluding diaryl/α,β-unsaturated/α-hetero) is 1. The lowest BCUT2D eigenvalue weighted by Gasteiger charge is -2.17. The van der Waals surface area contributed by atoms with Gasteiger partial charge in [0.1, 0.15) is 12.3 Å². The SMILES string of the molecule is CC[NH+](CC)Cc1c(O)ccc2c1O/C(=C\c1c[nH]c3ccccc13)C2=O. The number of rotatable bonds is 5. The van der Waals surface area contributed by atoms with Crippen LogP contribution in [-0.4, -0.2) is 29.0 Å². The van der Waals surface area contributed by atoms with Crippen LogP contribution in [0.1, 0.15) is 35.3 Å². The van der Waals surface area contributed by atoms with Crippen LogP contribution in [0.25, 0.3) is 17.0 Å². The standard InChI is InChI=1S/C22H22N2O3/c1-3-24(4-2)13-17-19(25)10-9-16-21(26)20(27-22(16)17)11-14-12-23-18-8-6-5-7-15(14)18/h5-12,23,25H,3-4,13H2,1-2H3/p+1/b20-11-. The van der Waals surface area contributed by atoms with Gasteiger partial charge in [0.25, 0.3) is 0 Å². The summed E-state index contributed by atoms with van der Waals surface area (Å²) in [5, 5.41) is 11.4. The number of ketones is 1. The molecule has 4 rings (SSSR count). The highest BCUT2D eigenvalue weighted by Gasteiger charge is 2.32. The molecule has 2 heterocycles. The fourth-order valence-electron chi connectivity index (χ4n) is 3.57. The van der Waals surface area contributed by atoms with Gasteiger partial charge in [-0.05, 0) is 38.1 Å². The maximum Gasteiger partial charge on any atom is 0.231 e. The molecule has 1 aliphatic rings. The minimum atomic E-state index is -0.147. The van der Waals surface area contributed by atoms with Crippen molar-refractivity contribution in [1.82, 2.24) is 4.98 Å². The fraction of sp³-hybridized carbons (Fsp3) is 0.227. The molecule has 0 bridgehead atoms. The van der Waals surface area contributed by atoms with E-state index in [2.05, 4.69) is 18.8 Å². The van der Waals surface area contributed by atoms with Gasteiger partial charge in [-0.2, -0.15) is 0 Å². The zero-order valence-electron chi connectivity index (χ0n) is 15.5. The van der Waals surface area contributed by atoms with Gasteiger partial charge in [0, 0.05) is 22.7 Å². The maximum absolute atomic E-state index is 12.9. The zero-order chi connectivity index (χ0) is 19.0. The van der Waals surface area contributed by atoms with Crippen molar-refractivity contribution in [3.05, 3.63) is 65.0 Å². The van der Waals surface area contributed by atoms with Gasteiger partial charge in [-0.25, -0.2) is 0 Å². The van der Waals surface area contributed by atoms with Gasteiger partial charge < -0.3 is 19.7 Å². The number of hydrogen-bond acceptors (Lipinski definition) is 3. The van der Waals surface area contributed by atoms with Crippen molar-refractivity contribution in [2.45, 2.75) is 20.4 Å². The van der Waals surface area contributed by atoms with Crippen LogP contribution >= 0.6 is 0 Å². The third-order valence-electron chi connectivity index (χ3n) is 5.25. The summed E-state index contributed by atoms with van der Waals surface area (Å²) in [4.78, 5) is 17.4. The average molecular weight is 363 g/mol. The molecule has 3 N–H and O–H groups in total. The molecule has 1 aromatic heterocycles. The Kier molecular flexibility index (Phi) is 4.46. The number of fused-ring (bicyclic) bond motifs is 2. The number of aromatic hydroxyl groups is 1. The van der Waals surface area contributed by atoms with Crippen LogP contribution in [0.15, 0.2) is 48.4 Å². The lowest BCUT2D eigenvalue weighted by atomic mass is 10.0. The number of carbonyl (C=O) groups is 1. The Morgan fingerprint density at radius 1 is 1.15 bits per heavy atom. The molecule has 5 heteroatoms. The number of H-pyrrole nitrogens is 1. The van der Waals surface area contributed by atoms with E-state index in [0.29, 0.717) is 23.4 Å². The lowest BCUT2D eigenvalue weighted by Crippen LogP contribution is -3.10. The van der Waals surface area contributed by atoms with Crippen molar-refractivity contribution in [2.24, 2.45) is 0 Å². The number of ether oxygens (including phenoxy) is 1. The minimum absolute atomic E-state index is 0.147. The Hall–Kier alpha value is -3.05. The van der Waals surface area contributed by atoms with E-state index in [9.17, 15) is 9.90 Å². The van der Waals surface area contributed by atoms with Gasteiger partial charge in [-0.15, -0.1) is 0 Å². The van der Waals surface area contributed by atoms with Crippen LogP contribution in [0.4, 0.5) is 0 Å². The van der Waals surface area contributed by atoms with Crippen LogP contribution in [0.2, 0.25) is 0 Å². The highest BCUT2D eigenvalue weighted by Crippen LogP contribution is 2.39. The topological polar surface area (TPSA) is 66.8 Å². The molecule has 0 spiro atoms. The largest absolute Gasteiger partial charge is 0.507 e. The van der Waals surface area contributed by atoms with E-state index < -0.39 is 0 Å². The van der Waals surface area contributed by atoms with Crippen molar-refractivity contribution < 1.29 is 19.5 Å². The van der Waals surface area contributed by atoms with Crippen LogP contribution in [0, 0.1) is 0 Å². The average Bonchev–Trinajstić information content (AvgIpc) is 3.23. The molecule has 0 fully saturated rings. The Bertz CT molecular complexity index is 1040. The molecule has 0 aliphatic carbocycles. The Labute approximate surface area is 157 Å². The second-order valence-electron chi connectivity index (χ2n) is 6.80. The first-order valence-electron chi connectivity index (χ1n) is 9.31. The highest BCUT2D eigenvalue weighted by atomic mass is 16.5. The van der Waals surface area contributed by atoms with Crippen molar-refractivity contribution in [1.29, 1.82) is 0 Å².